The summed E-state index contributed by atoms with van der Waals surface area (Å²) in [6.07, 6.45) is 9.87. The number of nitrogens with zero attached hydrogens (tertiary/aromatic N) is 4. The third-order valence-corrected chi connectivity index (χ3v) is 6.70. The Morgan fingerprint density at radius 1 is 1.19 bits per heavy atom. The Morgan fingerprint density at radius 2 is 2.00 bits per heavy atom. The number of aromatic nitrogens is 3. The van der Waals surface area contributed by atoms with Gasteiger partial charge in [0.25, 0.3) is 0 Å². The lowest BCUT2D eigenvalue weighted by Crippen LogP contribution is -2.54. The third kappa shape index (κ3) is 3.73. The molecule has 1 aliphatic carbocycles. The van der Waals surface area contributed by atoms with Gasteiger partial charge in [0.1, 0.15) is 5.82 Å². The summed E-state index contributed by atoms with van der Waals surface area (Å²) < 4.78 is 0. The van der Waals surface area contributed by atoms with Gasteiger partial charge in [-0.05, 0) is 39.0 Å². The van der Waals surface area contributed by atoms with Crippen LogP contribution in [0.2, 0.25) is 0 Å². The summed E-state index contributed by atoms with van der Waals surface area (Å²) in [4.78, 5) is 34.4. The number of nitrogens with one attached hydrogen (secondary N) is 1. The molecule has 148 valence electrons. The zero-order valence-corrected chi connectivity index (χ0v) is 16.4. The minimum absolute atomic E-state index is 0.122. The molecule has 1 aromatic heterocycles. The van der Waals surface area contributed by atoms with Gasteiger partial charge in [0.2, 0.25) is 11.8 Å². The molecular weight excluding hydrogens is 342 g/mol. The molecule has 7 nitrogen and oxygen atoms in total. The molecule has 3 heterocycles. The summed E-state index contributed by atoms with van der Waals surface area (Å²) in [6.45, 7) is 4.07. The van der Waals surface area contributed by atoms with Crippen LogP contribution in [0, 0.1) is 12.3 Å². The summed E-state index contributed by atoms with van der Waals surface area (Å²) in [5, 5.41) is 6.92. The first-order valence-electron chi connectivity index (χ1n) is 10.5. The van der Waals surface area contributed by atoms with E-state index < -0.39 is 0 Å². The Balaban J connectivity index is 1.36. The van der Waals surface area contributed by atoms with E-state index in [4.69, 9.17) is 0 Å². The fraction of sp³-hybridized carbons (Fsp3) is 0.800. The number of piperidine rings is 1. The van der Waals surface area contributed by atoms with E-state index in [1.54, 1.807) is 0 Å². The standard InChI is InChI=1S/C20H31N5O2/c1-15-21-17(23-22-15)8-9-18(26)24-13-11-20(14-24)10-5-12-25(19(20)27)16-6-3-2-4-7-16/h16H,2-14H2,1H3,(H,21,22,23)/t20-/m0/s1. The van der Waals surface area contributed by atoms with Crippen molar-refractivity contribution in [3.8, 4) is 0 Å². The van der Waals surface area contributed by atoms with Crippen molar-refractivity contribution in [2.75, 3.05) is 19.6 Å². The average Bonchev–Trinajstić information content (AvgIpc) is 3.30. The minimum atomic E-state index is -0.327. The monoisotopic (exact) mass is 373 g/mol. The normalized spacial score (nSPS) is 26.9. The van der Waals surface area contributed by atoms with Gasteiger partial charge >= 0.3 is 0 Å². The van der Waals surface area contributed by atoms with Crippen LogP contribution in [-0.4, -0.2) is 62.5 Å². The number of amides is 2. The van der Waals surface area contributed by atoms with Crippen molar-refractivity contribution in [1.29, 1.82) is 0 Å². The molecule has 27 heavy (non-hydrogen) atoms. The summed E-state index contributed by atoms with van der Waals surface area (Å²) in [5.74, 6) is 1.90. The molecular formula is C20H31N5O2. The van der Waals surface area contributed by atoms with Gasteiger partial charge in [-0.25, -0.2) is 4.98 Å². The quantitative estimate of drug-likeness (QED) is 0.877. The molecule has 4 rings (SSSR count). The predicted octanol–water partition coefficient (Wildman–Crippen LogP) is 2.22. The molecule has 3 fully saturated rings. The van der Waals surface area contributed by atoms with E-state index in [-0.39, 0.29) is 11.3 Å². The van der Waals surface area contributed by atoms with Gasteiger partial charge in [0, 0.05) is 38.5 Å². The van der Waals surface area contributed by atoms with E-state index in [0.717, 1.165) is 44.5 Å². The highest BCUT2D eigenvalue weighted by Crippen LogP contribution is 2.42. The summed E-state index contributed by atoms with van der Waals surface area (Å²) in [7, 11) is 0. The van der Waals surface area contributed by atoms with Crippen LogP contribution in [0.15, 0.2) is 0 Å². The van der Waals surface area contributed by atoms with E-state index >= 15 is 0 Å². The first kappa shape index (κ1) is 18.4. The molecule has 0 aromatic carbocycles. The van der Waals surface area contributed by atoms with E-state index in [9.17, 15) is 9.59 Å². The molecule has 1 spiro atoms. The van der Waals surface area contributed by atoms with Gasteiger partial charge in [0.05, 0.1) is 5.41 Å². The number of aromatic amines is 1. The van der Waals surface area contributed by atoms with Crippen molar-refractivity contribution < 1.29 is 9.59 Å². The summed E-state index contributed by atoms with van der Waals surface area (Å²) in [5.41, 5.74) is -0.327. The smallest absolute Gasteiger partial charge is 0.230 e. The molecule has 1 aromatic rings. The van der Waals surface area contributed by atoms with Crippen LogP contribution in [0.25, 0.3) is 0 Å². The first-order chi connectivity index (χ1) is 13.1. The van der Waals surface area contributed by atoms with Crippen molar-refractivity contribution in [1.82, 2.24) is 25.0 Å². The Hall–Kier alpha value is -1.92. The van der Waals surface area contributed by atoms with Crippen LogP contribution in [-0.2, 0) is 16.0 Å². The maximum atomic E-state index is 13.4. The fourth-order valence-corrected chi connectivity index (χ4v) is 5.18. The van der Waals surface area contributed by atoms with Crippen LogP contribution >= 0.6 is 0 Å². The molecule has 7 heteroatoms. The van der Waals surface area contributed by atoms with Gasteiger partial charge in [-0.1, -0.05) is 19.3 Å². The van der Waals surface area contributed by atoms with Crippen molar-refractivity contribution in [2.45, 2.75) is 77.2 Å². The third-order valence-electron chi connectivity index (χ3n) is 6.70. The van der Waals surface area contributed by atoms with Crippen LogP contribution in [0.3, 0.4) is 0 Å². The molecule has 1 saturated carbocycles. The maximum absolute atomic E-state index is 13.4. The van der Waals surface area contributed by atoms with E-state index in [1.165, 1.54) is 19.3 Å². The average molecular weight is 374 g/mol. The molecule has 2 aliphatic heterocycles. The first-order valence-corrected chi connectivity index (χ1v) is 10.5. The molecule has 0 unspecified atom stereocenters. The molecule has 0 radical (unpaired) electrons. The number of carbonyl (C=O) groups excluding carboxylic acids is 2. The molecule has 1 atom stereocenters. The van der Waals surface area contributed by atoms with Gasteiger partial charge in [-0.2, -0.15) is 5.10 Å². The fourth-order valence-electron chi connectivity index (χ4n) is 5.18. The Morgan fingerprint density at radius 3 is 2.74 bits per heavy atom. The predicted molar refractivity (Wildman–Crippen MR) is 101 cm³/mol. The number of carbonyl (C=O) groups is 2. The largest absolute Gasteiger partial charge is 0.342 e. The number of hydrogen-bond donors (Lipinski definition) is 1. The van der Waals surface area contributed by atoms with Crippen LogP contribution in [0.1, 0.15) is 69.4 Å². The lowest BCUT2D eigenvalue weighted by molar-refractivity contribution is -0.149. The number of rotatable bonds is 4. The van der Waals surface area contributed by atoms with Crippen molar-refractivity contribution >= 4 is 11.8 Å². The maximum Gasteiger partial charge on any atom is 0.230 e. The summed E-state index contributed by atoms with van der Waals surface area (Å²) in [6, 6.07) is 0.433. The Labute approximate surface area is 160 Å². The highest BCUT2D eigenvalue weighted by atomic mass is 16.2. The van der Waals surface area contributed by atoms with Gasteiger partial charge in [0.15, 0.2) is 5.82 Å². The van der Waals surface area contributed by atoms with Crippen LogP contribution in [0.4, 0.5) is 0 Å². The van der Waals surface area contributed by atoms with Gasteiger partial charge < -0.3 is 9.80 Å². The van der Waals surface area contributed by atoms with E-state index in [1.807, 2.05) is 11.8 Å². The zero-order valence-electron chi connectivity index (χ0n) is 16.4. The highest BCUT2D eigenvalue weighted by Gasteiger charge is 2.50. The number of hydrogen-bond acceptors (Lipinski definition) is 4. The van der Waals surface area contributed by atoms with Crippen molar-refractivity contribution in [3.63, 3.8) is 0 Å². The molecule has 0 bridgehead atoms. The topological polar surface area (TPSA) is 82.2 Å². The zero-order chi connectivity index (χ0) is 18.9. The second-order valence-corrected chi connectivity index (χ2v) is 8.58. The van der Waals surface area contributed by atoms with E-state index in [0.29, 0.717) is 43.7 Å². The van der Waals surface area contributed by atoms with Gasteiger partial charge in [-0.3, -0.25) is 14.7 Å². The molecule has 3 aliphatic rings. The summed E-state index contributed by atoms with van der Waals surface area (Å²) >= 11 is 0. The second-order valence-electron chi connectivity index (χ2n) is 8.58. The Kier molecular flexibility index (Phi) is 5.19. The van der Waals surface area contributed by atoms with Gasteiger partial charge in [-0.15, -0.1) is 0 Å². The van der Waals surface area contributed by atoms with Crippen LogP contribution < -0.4 is 0 Å². The molecule has 2 saturated heterocycles. The van der Waals surface area contributed by atoms with E-state index in [2.05, 4.69) is 20.1 Å². The SMILES string of the molecule is Cc1nc(CCC(=O)N2CC[C@@]3(CCCN(C4CCCCC4)C3=O)C2)n[nH]1. The van der Waals surface area contributed by atoms with Crippen LogP contribution in [0.5, 0.6) is 0 Å². The minimum Gasteiger partial charge on any atom is -0.342 e. The Bertz CT molecular complexity index is 696. The lowest BCUT2D eigenvalue weighted by atomic mass is 9.77. The molecule has 1 N–H and O–H groups in total. The number of aryl methyl sites for hydroxylation is 2. The number of H-pyrrole nitrogens is 1. The van der Waals surface area contributed by atoms with Crippen molar-refractivity contribution in [3.05, 3.63) is 11.6 Å². The second kappa shape index (κ2) is 7.60. The lowest BCUT2D eigenvalue weighted by Gasteiger charge is -2.44. The van der Waals surface area contributed by atoms with Crippen molar-refractivity contribution in [2.24, 2.45) is 5.41 Å². The highest BCUT2D eigenvalue weighted by molar-refractivity contribution is 5.86. The molecule has 2 amide bonds. The number of likely N-dealkylation sites (tertiary alicyclic amines) is 2.